The van der Waals surface area contributed by atoms with Gasteiger partial charge in [-0.2, -0.15) is 26.1 Å². The van der Waals surface area contributed by atoms with E-state index in [1.165, 1.54) is 0 Å². The average molecular weight is 1420 g/mol. The zero-order valence-electron chi connectivity index (χ0n) is 58.4. The molecule has 0 aliphatic carbocycles. The van der Waals surface area contributed by atoms with Gasteiger partial charge in [-0.1, -0.05) is 158 Å². The van der Waals surface area contributed by atoms with E-state index in [0.29, 0.717) is 62.9 Å². The quantitative estimate of drug-likeness (QED) is 0.0429. The maximum atomic E-state index is 12.4. The standard InChI is InChI=1S/C17H17N5O.4C15H13N5O/c1-11(2)14-5-3-4-6-15(14)18-17(23)13-9-7-12(8-10-13)16-19-21-22-20-16;3*1-10-2-8-13(9-3-10)16-15(21)12-6-4-11(5-7-12)14-17-19-20-18-14;1-10-3-2-4-13(9-10)16-15(21)12-7-5-11(6-8-12)14-17-19-20-18-14/h3-11H,1-2H3,(H,18,23)(H,19,20,21,22);4*2-9H,1H3,(H,16,21)(H,17,18,19,20). The van der Waals surface area contributed by atoms with Crippen molar-refractivity contribution < 1.29 is 24.0 Å². The number of nitrogens with one attached hydrogen (secondary N) is 10. The Morgan fingerprint density at radius 3 is 0.785 bits per heavy atom. The van der Waals surface area contributed by atoms with Crippen molar-refractivity contribution in [3.8, 4) is 56.9 Å². The topological polar surface area (TPSA) is 418 Å². The lowest BCUT2D eigenvalue weighted by Crippen LogP contribution is -2.13. The van der Waals surface area contributed by atoms with Crippen LogP contribution >= 0.6 is 0 Å². The number of para-hydroxylation sites is 1. The van der Waals surface area contributed by atoms with E-state index in [4.69, 9.17) is 0 Å². The third kappa shape index (κ3) is 21.0. The Labute approximate surface area is 611 Å². The van der Waals surface area contributed by atoms with Crippen molar-refractivity contribution in [3.05, 3.63) is 298 Å². The zero-order chi connectivity index (χ0) is 74.9. The molecule has 0 unspecified atom stereocenters. The molecule has 10 N–H and O–H groups in total. The Hall–Kier alpha value is -15.1. The molecule has 0 fully saturated rings. The summed E-state index contributed by atoms with van der Waals surface area (Å²) in [5.41, 5.74) is 16.5. The van der Waals surface area contributed by atoms with Gasteiger partial charge >= 0.3 is 0 Å². The fourth-order valence-corrected chi connectivity index (χ4v) is 10.0. The molecule has 15 aromatic rings. The van der Waals surface area contributed by atoms with E-state index >= 15 is 0 Å². The second-order valence-electron chi connectivity index (χ2n) is 24.0. The summed E-state index contributed by atoms with van der Waals surface area (Å²) in [7, 11) is 0. The predicted molar refractivity (Wildman–Crippen MR) is 403 cm³/mol. The monoisotopic (exact) mass is 1420 g/mol. The van der Waals surface area contributed by atoms with E-state index in [0.717, 1.165) is 84.1 Å². The van der Waals surface area contributed by atoms with Crippen molar-refractivity contribution >= 4 is 58.0 Å². The lowest BCUT2D eigenvalue weighted by atomic mass is 10.0. The highest BCUT2D eigenvalue weighted by molar-refractivity contribution is 6.07. The van der Waals surface area contributed by atoms with Crippen LogP contribution in [-0.2, 0) is 0 Å². The highest BCUT2D eigenvalue weighted by Gasteiger charge is 2.16. The molecule has 532 valence electrons. The van der Waals surface area contributed by atoms with Gasteiger partial charge in [0.2, 0.25) is 29.1 Å². The predicted octanol–water partition coefficient (Wildman–Crippen LogP) is 13.0. The first-order valence-corrected chi connectivity index (χ1v) is 33.2. The van der Waals surface area contributed by atoms with Crippen molar-refractivity contribution in [1.82, 2.24) is 103 Å². The molecule has 0 aliphatic rings. The van der Waals surface area contributed by atoms with Crippen molar-refractivity contribution in [2.45, 2.75) is 47.5 Å². The Morgan fingerprint density at radius 1 is 0.271 bits per heavy atom. The van der Waals surface area contributed by atoms with E-state index in [1.54, 1.807) is 121 Å². The zero-order valence-corrected chi connectivity index (χ0v) is 58.4. The van der Waals surface area contributed by atoms with Gasteiger partial charge in [0.1, 0.15) is 0 Å². The van der Waals surface area contributed by atoms with Crippen LogP contribution in [0.3, 0.4) is 0 Å². The molecule has 0 atom stereocenters. The smallest absolute Gasteiger partial charge is 0.255 e. The number of hydrogen-bond donors (Lipinski definition) is 10. The molecule has 30 nitrogen and oxygen atoms in total. The molecule has 5 heterocycles. The minimum atomic E-state index is -0.154. The van der Waals surface area contributed by atoms with Crippen LogP contribution < -0.4 is 26.6 Å². The Morgan fingerprint density at radius 2 is 0.533 bits per heavy atom. The maximum Gasteiger partial charge on any atom is 0.255 e. The summed E-state index contributed by atoms with van der Waals surface area (Å²) in [6, 6.07) is 73.7. The molecule has 0 aliphatic heterocycles. The van der Waals surface area contributed by atoms with Crippen LogP contribution in [0.4, 0.5) is 28.4 Å². The highest BCUT2D eigenvalue weighted by Crippen LogP contribution is 2.26. The van der Waals surface area contributed by atoms with Crippen LogP contribution in [0.15, 0.2) is 243 Å². The van der Waals surface area contributed by atoms with Crippen molar-refractivity contribution in [3.63, 3.8) is 0 Å². The van der Waals surface area contributed by atoms with E-state index in [2.05, 4.69) is 144 Å². The molecule has 15 rings (SSSR count). The first-order chi connectivity index (χ1) is 52.0. The number of H-pyrrole nitrogens is 5. The molecule has 107 heavy (non-hydrogen) atoms. The third-order valence-electron chi connectivity index (χ3n) is 15.8. The summed E-state index contributed by atoms with van der Waals surface area (Å²) in [5, 5.41) is 82.8. The number of hydrogen-bond acceptors (Lipinski definition) is 20. The third-order valence-corrected chi connectivity index (χ3v) is 15.8. The van der Waals surface area contributed by atoms with Crippen LogP contribution in [-0.4, -0.2) is 133 Å². The molecule has 0 radical (unpaired) electrons. The van der Waals surface area contributed by atoms with Gasteiger partial charge in [-0.3, -0.25) is 24.0 Å². The minimum Gasteiger partial charge on any atom is -0.322 e. The number of anilines is 5. The van der Waals surface area contributed by atoms with Crippen molar-refractivity contribution in [1.29, 1.82) is 0 Å². The van der Waals surface area contributed by atoms with Crippen molar-refractivity contribution in [2.24, 2.45) is 0 Å². The first kappa shape index (κ1) is 73.1. The molecule has 5 aromatic heterocycles. The van der Waals surface area contributed by atoms with E-state index in [1.807, 2.05) is 149 Å². The summed E-state index contributed by atoms with van der Waals surface area (Å²) >= 11 is 0. The largest absolute Gasteiger partial charge is 0.322 e. The number of rotatable bonds is 16. The number of aromatic nitrogens is 20. The molecular weight excluding hydrogens is 1360 g/mol. The van der Waals surface area contributed by atoms with Gasteiger partial charge in [-0.05, 0) is 186 Å². The van der Waals surface area contributed by atoms with Crippen LogP contribution in [0.25, 0.3) is 56.9 Å². The fourth-order valence-electron chi connectivity index (χ4n) is 10.0. The molecular formula is C77H69N25O5. The normalized spacial score (nSPS) is 10.4. The number of aromatic amines is 5. The first-order valence-electron chi connectivity index (χ1n) is 33.2. The summed E-state index contributed by atoms with van der Waals surface area (Å²) < 4.78 is 0. The van der Waals surface area contributed by atoms with Gasteiger partial charge in [0.25, 0.3) is 29.5 Å². The minimum absolute atomic E-state index is 0.141. The summed E-state index contributed by atoms with van der Waals surface area (Å²) in [6.45, 7) is 12.2. The molecule has 30 heteroatoms. The van der Waals surface area contributed by atoms with Crippen molar-refractivity contribution in [2.75, 3.05) is 26.6 Å². The molecule has 0 saturated carbocycles. The molecule has 10 aromatic carbocycles. The maximum absolute atomic E-state index is 12.4. The number of carbonyl (C=O) groups is 5. The molecule has 0 spiro atoms. The number of nitrogens with zero attached hydrogens (tertiary/aromatic N) is 15. The second kappa shape index (κ2) is 36.0. The van der Waals surface area contributed by atoms with E-state index in [-0.39, 0.29) is 29.5 Å². The fraction of sp³-hybridized carbons (Fsp3) is 0.0909. The van der Waals surface area contributed by atoms with Gasteiger partial charge in [-0.25, -0.2) is 0 Å². The van der Waals surface area contributed by atoms with E-state index < -0.39 is 0 Å². The van der Waals surface area contributed by atoms with Crippen LogP contribution in [0.2, 0.25) is 0 Å². The summed E-state index contributed by atoms with van der Waals surface area (Å²) in [4.78, 5) is 61.0. The van der Waals surface area contributed by atoms with E-state index in [9.17, 15) is 24.0 Å². The lowest BCUT2D eigenvalue weighted by Gasteiger charge is -2.13. The molecule has 0 bridgehead atoms. The number of carbonyl (C=O) groups excluding carboxylic acids is 5. The van der Waals surface area contributed by atoms with Crippen LogP contribution in [0, 0.1) is 27.7 Å². The Kier molecular flexibility index (Phi) is 24.6. The van der Waals surface area contributed by atoms with Gasteiger partial charge in [0.15, 0.2) is 0 Å². The van der Waals surface area contributed by atoms with Gasteiger partial charge < -0.3 is 26.6 Å². The molecule has 5 amide bonds. The van der Waals surface area contributed by atoms with Gasteiger partial charge in [0.05, 0.1) is 0 Å². The number of tetrazole rings is 5. The van der Waals surface area contributed by atoms with Crippen LogP contribution in [0.1, 0.15) is 99.4 Å². The lowest BCUT2D eigenvalue weighted by molar-refractivity contribution is 0.101. The molecule has 0 saturated heterocycles. The average Bonchev–Trinajstić information content (AvgIpc) is 1.36. The van der Waals surface area contributed by atoms with Gasteiger partial charge in [-0.15, -0.1) is 51.0 Å². The van der Waals surface area contributed by atoms with Crippen LogP contribution in [0.5, 0.6) is 0 Å². The Bertz CT molecular complexity index is 4990. The number of aryl methyl sites for hydroxylation is 4. The SMILES string of the molecule is CC(C)c1ccccc1NC(=O)c1ccc(-c2nn[nH]n2)cc1.Cc1ccc(NC(=O)c2ccc(-c3nn[nH]n3)cc2)cc1.Cc1ccc(NC(=O)c2ccc(-c3nn[nH]n3)cc2)cc1.Cc1ccc(NC(=O)c2ccc(-c3nn[nH]n3)cc2)cc1.Cc1cccc(NC(=O)c2ccc(-c3nn[nH]n3)cc2)c1. The number of benzene rings is 10. The number of amides is 5. The summed E-state index contributed by atoms with van der Waals surface area (Å²) in [6.07, 6.45) is 0. The summed E-state index contributed by atoms with van der Waals surface area (Å²) in [5.74, 6) is 2.09. The Balaban J connectivity index is 0.000000133. The highest BCUT2D eigenvalue weighted by atomic mass is 16.2. The second-order valence-corrected chi connectivity index (χ2v) is 24.0. The van der Waals surface area contributed by atoms with Gasteiger partial charge in [0, 0.05) is 84.1 Å².